The van der Waals surface area contributed by atoms with E-state index in [1.807, 2.05) is 39.0 Å². The number of aromatic nitrogens is 3. The molecule has 3 amide bonds. The second-order valence-corrected chi connectivity index (χ2v) is 12.1. The van der Waals surface area contributed by atoms with E-state index in [0.29, 0.717) is 28.3 Å². The lowest BCUT2D eigenvalue weighted by molar-refractivity contribution is -0.274. The van der Waals surface area contributed by atoms with E-state index in [2.05, 4.69) is 25.1 Å². The summed E-state index contributed by atoms with van der Waals surface area (Å²) < 4.78 is 47.6. The Labute approximate surface area is 278 Å². The fraction of sp³-hybridized carbons (Fsp3) is 0.273. The van der Waals surface area contributed by atoms with Crippen LogP contribution in [0.4, 0.5) is 23.7 Å². The number of carbonyl (C=O) groups is 3. The molecule has 0 bridgehead atoms. The second-order valence-electron chi connectivity index (χ2n) is 11.1. The van der Waals surface area contributed by atoms with Crippen LogP contribution in [0.15, 0.2) is 78.0 Å². The number of nitrogens with one attached hydrogen (secondary N) is 1. The minimum atomic E-state index is -4.79. The topological polar surface area (TPSA) is 128 Å². The van der Waals surface area contributed by atoms with Gasteiger partial charge in [0.05, 0.1) is 24.2 Å². The number of ether oxygens (including phenoxy) is 2. The van der Waals surface area contributed by atoms with Crippen molar-refractivity contribution in [1.29, 1.82) is 0 Å². The molecule has 11 nitrogen and oxygen atoms in total. The Morgan fingerprint density at radius 1 is 1.06 bits per heavy atom. The van der Waals surface area contributed by atoms with Crippen molar-refractivity contribution >= 4 is 40.5 Å². The number of methoxy groups -OCH3 is 1. The second kappa shape index (κ2) is 14.3. The fourth-order valence-corrected chi connectivity index (χ4v) is 5.83. The molecule has 5 rings (SSSR count). The number of urea groups is 1. The molecule has 0 aliphatic carbocycles. The third-order valence-electron chi connectivity index (χ3n) is 7.27. The highest BCUT2D eigenvalue weighted by molar-refractivity contribution is 8.15. The third kappa shape index (κ3) is 8.20. The number of amidine groups is 1. The summed E-state index contributed by atoms with van der Waals surface area (Å²) in [6.07, 6.45) is -3.28. The highest BCUT2D eigenvalue weighted by Gasteiger charge is 2.33. The van der Waals surface area contributed by atoms with Gasteiger partial charge in [-0.2, -0.15) is 4.99 Å². The smallest absolute Gasteiger partial charge is 0.467 e. The number of hydrogen-bond donors (Lipinski definition) is 1. The zero-order valence-electron chi connectivity index (χ0n) is 26.3. The normalized spacial score (nSPS) is 14.8. The third-order valence-corrected chi connectivity index (χ3v) is 8.20. The Morgan fingerprint density at radius 3 is 2.42 bits per heavy atom. The highest BCUT2D eigenvalue weighted by atomic mass is 32.2. The molecule has 1 aromatic heterocycles. The van der Waals surface area contributed by atoms with Crippen LogP contribution in [0, 0.1) is 6.92 Å². The molecule has 3 aromatic carbocycles. The number of amides is 3. The highest BCUT2D eigenvalue weighted by Crippen LogP contribution is 2.34. The lowest BCUT2D eigenvalue weighted by atomic mass is 9.99. The van der Waals surface area contributed by atoms with Crippen molar-refractivity contribution in [3.63, 3.8) is 0 Å². The van der Waals surface area contributed by atoms with E-state index in [9.17, 15) is 27.6 Å². The van der Waals surface area contributed by atoms with Crippen molar-refractivity contribution in [2.24, 2.45) is 4.99 Å². The van der Waals surface area contributed by atoms with Gasteiger partial charge >= 0.3 is 18.4 Å². The van der Waals surface area contributed by atoms with Crippen LogP contribution >= 0.6 is 11.8 Å². The number of carbonyl (C=O) groups excluding carboxylic acids is 3. The van der Waals surface area contributed by atoms with Crippen LogP contribution in [0.3, 0.4) is 0 Å². The minimum absolute atomic E-state index is 0.0862. The molecule has 48 heavy (non-hydrogen) atoms. The van der Waals surface area contributed by atoms with Crippen LogP contribution in [0.25, 0.3) is 17.1 Å². The molecule has 15 heteroatoms. The molecule has 2 heterocycles. The Morgan fingerprint density at radius 2 is 1.77 bits per heavy atom. The minimum Gasteiger partial charge on any atom is -0.467 e. The molecule has 0 spiro atoms. The van der Waals surface area contributed by atoms with Gasteiger partial charge in [-0.3, -0.25) is 9.69 Å². The Hall–Kier alpha value is -5.18. The summed E-state index contributed by atoms with van der Waals surface area (Å²) in [5, 5.41) is 7.22. The molecule has 1 aliphatic rings. The number of hydrogen-bond acceptors (Lipinski definition) is 8. The number of thioether (sulfide) groups is 1. The van der Waals surface area contributed by atoms with Gasteiger partial charge in [0.15, 0.2) is 11.0 Å². The molecular weight excluding hydrogens is 649 g/mol. The van der Waals surface area contributed by atoms with Crippen molar-refractivity contribution in [2.45, 2.75) is 45.5 Å². The van der Waals surface area contributed by atoms with Crippen LogP contribution in [-0.2, 0) is 20.7 Å². The predicted molar refractivity (Wildman–Crippen MR) is 174 cm³/mol. The Balaban J connectivity index is 1.28. The Kier molecular flexibility index (Phi) is 10.2. The van der Waals surface area contributed by atoms with Gasteiger partial charge in [0.25, 0.3) is 0 Å². The van der Waals surface area contributed by atoms with Gasteiger partial charge in [-0.25, -0.2) is 19.3 Å². The molecule has 1 saturated heterocycles. The first kappa shape index (κ1) is 34.2. The monoisotopic (exact) mass is 680 g/mol. The first-order valence-corrected chi connectivity index (χ1v) is 15.7. The molecule has 0 radical (unpaired) electrons. The molecular formula is C33H31F3N6O5S. The number of alkyl halides is 3. The zero-order valence-corrected chi connectivity index (χ0v) is 27.1. The standard InChI is InChI=1S/C33H31F3N6O5S/c1-19(2)25-14-5-20(3)15-27(25)42-28(43)17-48-32(42)39-31(45)38-26(30(44)46-4)16-21-6-8-22(9-7-21)29-37-18-41(40-29)23-10-12-24(13-11-23)47-33(34,35)36/h5-15,18-19,26H,16-17H2,1-4H3,(H,38,45)/b39-32-. The fourth-order valence-electron chi connectivity index (χ4n) is 4.97. The van der Waals surface area contributed by atoms with E-state index in [1.165, 1.54) is 47.3 Å². The predicted octanol–water partition coefficient (Wildman–Crippen LogP) is 6.19. The van der Waals surface area contributed by atoms with E-state index in [4.69, 9.17) is 4.74 Å². The summed E-state index contributed by atoms with van der Waals surface area (Å²) in [5.74, 6) is -0.621. The lowest BCUT2D eigenvalue weighted by Gasteiger charge is -2.22. The van der Waals surface area contributed by atoms with Crippen LogP contribution < -0.4 is 15.0 Å². The number of halogens is 3. The van der Waals surface area contributed by atoms with Gasteiger partial charge in [0, 0.05) is 12.0 Å². The van der Waals surface area contributed by atoms with Gasteiger partial charge in [0.2, 0.25) is 5.91 Å². The maximum atomic E-state index is 13.1. The number of aliphatic imine (C=N–C) groups is 1. The molecule has 1 aliphatic heterocycles. The van der Waals surface area contributed by atoms with Crippen molar-refractivity contribution in [1.82, 2.24) is 20.1 Å². The summed E-state index contributed by atoms with van der Waals surface area (Å²) in [6, 6.07) is 16.1. The van der Waals surface area contributed by atoms with Gasteiger partial charge in [0.1, 0.15) is 18.1 Å². The lowest BCUT2D eigenvalue weighted by Crippen LogP contribution is -2.42. The van der Waals surface area contributed by atoms with Crippen LogP contribution in [-0.4, -0.2) is 63.1 Å². The van der Waals surface area contributed by atoms with Gasteiger partial charge in [-0.05, 0) is 59.9 Å². The molecule has 1 fully saturated rings. The summed E-state index contributed by atoms with van der Waals surface area (Å²) in [4.78, 5) is 48.5. The molecule has 4 aromatic rings. The molecule has 0 saturated carbocycles. The first-order chi connectivity index (χ1) is 22.8. The van der Waals surface area contributed by atoms with Crippen molar-refractivity contribution in [2.75, 3.05) is 17.8 Å². The molecule has 1 atom stereocenters. The summed E-state index contributed by atoms with van der Waals surface area (Å²) in [6.45, 7) is 5.96. The number of rotatable bonds is 9. The number of aryl methyl sites for hydroxylation is 1. The van der Waals surface area contributed by atoms with E-state index in [-0.39, 0.29) is 34.9 Å². The maximum Gasteiger partial charge on any atom is 0.573 e. The number of anilines is 1. The molecule has 1 unspecified atom stereocenters. The van der Waals surface area contributed by atoms with Gasteiger partial charge in [-0.15, -0.1) is 18.3 Å². The average molecular weight is 681 g/mol. The van der Waals surface area contributed by atoms with Crippen LogP contribution in [0.1, 0.15) is 36.5 Å². The molecule has 250 valence electrons. The number of esters is 1. The summed E-state index contributed by atoms with van der Waals surface area (Å²) >= 11 is 1.14. The number of benzene rings is 3. The Bertz CT molecular complexity index is 1840. The summed E-state index contributed by atoms with van der Waals surface area (Å²) in [7, 11) is 1.22. The SMILES string of the molecule is COC(=O)C(Cc1ccc(-c2ncn(-c3ccc(OC(F)(F)F)cc3)n2)cc1)NC(=O)/N=C1\SCC(=O)N1c1cc(C)ccc1C(C)C. The van der Waals surface area contributed by atoms with Gasteiger partial charge < -0.3 is 14.8 Å². The van der Waals surface area contributed by atoms with E-state index < -0.39 is 24.4 Å². The largest absolute Gasteiger partial charge is 0.573 e. The zero-order chi connectivity index (χ0) is 34.6. The van der Waals surface area contributed by atoms with E-state index in [0.717, 1.165) is 22.9 Å². The van der Waals surface area contributed by atoms with Crippen LogP contribution in [0.5, 0.6) is 5.75 Å². The van der Waals surface area contributed by atoms with Crippen molar-refractivity contribution < 1.29 is 37.0 Å². The van der Waals surface area contributed by atoms with Crippen LogP contribution in [0.2, 0.25) is 0 Å². The van der Waals surface area contributed by atoms with E-state index in [1.54, 1.807) is 24.3 Å². The van der Waals surface area contributed by atoms with Crippen molar-refractivity contribution in [3.8, 4) is 22.8 Å². The van der Waals surface area contributed by atoms with Crippen molar-refractivity contribution in [3.05, 3.63) is 89.7 Å². The van der Waals surface area contributed by atoms with E-state index >= 15 is 0 Å². The quantitative estimate of drug-likeness (QED) is 0.207. The summed E-state index contributed by atoms with van der Waals surface area (Å²) in [5.41, 5.74) is 4.37. The first-order valence-electron chi connectivity index (χ1n) is 14.7. The molecule has 1 N–H and O–H groups in total. The van der Waals surface area contributed by atoms with Gasteiger partial charge in [-0.1, -0.05) is 62.0 Å². The average Bonchev–Trinajstić information content (AvgIpc) is 3.67. The number of nitrogens with zero attached hydrogens (tertiary/aromatic N) is 5. The maximum absolute atomic E-state index is 13.1.